The summed E-state index contributed by atoms with van der Waals surface area (Å²) < 4.78 is 16.6. The third-order valence-electron chi connectivity index (χ3n) is 5.27. The molecule has 0 spiro atoms. The van der Waals surface area contributed by atoms with Crippen LogP contribution in [0.15, 0.2) is 42.0 Å². The number of hydrogen-bond acceptors (Lipinski definition) is 4. The van der Waals surface area contributed by atoms with Crippen molar-refractivity contribution >= 4 is 23.6 Å². The SMILES string of the molecule is COc1ccc(C2CCCN2C(=O)C2=Cc3cc(Cl)ccc3OC2)c(OC)c1. The van der Waals surface area contributed by atoms with Crippen LogP contribution in [0.5, 0.6) is 17.2 Å². The Morgan fingerprint density at radius 2 is 2.04 bits per heavy atom. The number of amides is 1. The minimum absolute atomic E-state index is 0.00834. The van der Waals surface area contributed by atoms with E-state index >= 15 is 0 Å². The molecule has 2 aromatic carbocycles. The lowest BCUT2D eigenvalue weighted by Crippen LogP contribution is -2.34. The molecule has 1 atom stereocenters. The highest BCUT2D eigenvalue weighted by molar-refractivity contribution is 6.30. The van der Waals surface area contributed by atoms with Gasteiger partial charge >= 0.3 is 0 Å². The van der Waals surface area contributed by atoms with Crippen molar-refractivity contribution in [1.29, 1.82) is 0 Å². The Morgan fingerprint density at radius 1 is 1.18 bits per heavy atom. The molecule has 0 bridgehead atoms. The maximum Gasteiger partial charge on any atom is 0.253 e. The molecule has 0 N–H and O–H groups in total. The number of benzene rings is 2. The highest BCUT2D eigenvalue weighted by atomic mass is 35.5. The molecule has 0 saturated carbocycles. The Labute approximate surface area is 169 Å². The van der Waals surface area contributed by atoms with Crippen LogP contribution in [0.4, 0.5) is 0 Å². The Kier molecular flexibility index (Phi) is 5.18. The van der Waals surface area contributed by atoms with Gasteiger partial charge in [0.25, 0.3) is 5.91 Å². The molecule has 2 heterocycles. The van der Waals surface area contributed by atoms with Crippen LogP contribution in [0.25, 0.3) is 6.08 Å². The second kappa shape index (κ2) is 7.76. The largest absolute Gasteiger partial charge is 0.497 e. The number of fused-ring (bicyclic) bond motifs is 1. The molecule has 0 aromatic heterocycles. The summed E-state index contributed by atoms with van der Waals surface area (Å²) in [6, 6.07) is 11.1. The van der Waals surface area contributed by atoms with Crippen LogP contribution in [-0.4, -0.2) is 38.2 Å². The number of carbonyl (C=O) groups is 1. The van der Waals surface area contributed by atoms with Crippen molar-refractivity contribution in [2.24, 2.45) is 0 Å². The molecule has 2 aliphatic heterocycles. The molecule has 4 rings (SSSR count). The fourth-order valence-electron chi connectivity index (χ4n) is 3.88. The molecule has 5 nitrogen and oxygen atoms in total. The van der Waals surface area contributed by atoms with Gasteiger partial charge in [-0.05, 0) is 49.2 Å². The van der Waals surface area contributed by atoms with Gasteiger partial charge in [-0.3, -0.25) is 4.79 Å². The van der Waals surface area contributed by atoms with E-state index in [0.29, 0.717) is 17.1 Å². The fourth-order valence-corrected chi connectivity index (χ4v) is 4.06. The second-order valence-corrected chi connectivity index (χ2v) is 7.34. The van der Waals surface area contributed by atoms with Crippen LogP contribution in [0.2, 0.25) is 5.02 Å². The first kappa shape index (κ1) is 18.7. The summed E-state index contributed by atoms with van der Waals surface area (Å²) in [7, 11) is 3.26. The van der Waals surface area contributed by atoms with Crippen LogP contribution < -0.4 is 14.2 Å². The Bertz CT molecular complexity index is 940. The van der Waals surface area contributed by atoms with Gasteiger partial charge in [-0.25, -0.2) is 0 Å². The second-order valence-electron chi connectivity index (χ2n) is 6.90. The van der Waals surface area contributed by atoms with Gasteiger partial charge in [-0.2, -0.15) is 0 Å². The standard InChI is InChI=1S/C22H22ClNO4/c1-26-17-6-7-18(21(12-17)27-2)19-4-3-9-24(19)22(25)15-10-14-11-16(23)5-8-20(14)28-13-15/h5-8,10-12,19H,3-4,9,13H2,1-2H3. The summed E-state index contributed by atoms with van der Waals surface area (Å²) >= 11 is 6.09. The average Bonchev–Trinajstić information content (AvgIpc) is 3.21. The van der Waals surface area contributed by atoms with Crippen molar-refractivity contribution in [1.82, 2.24) is 4.90 Å². The molecule has 6 heteroatoms. The van der Waals surface area contributed by atoms with Crippen molar-refractivity contribution in [3.05, 3.63) is 58.1 Å². The van der Waals surface area contributed by atoms with Crippen molar-refractivity contribution in [3.8, 4) is 17.2 Å². The summed E-state index contributed by atoms with van der Waals surface area (Å²) in [6.45, 7) is 0.967. The van der Waals surface area contributed by atoms with Gasteiger partial charge in [0.2, 0.25) is 0 Å². The first-order valence-electron chi connectivity index (χ1n) is 9.26. The minimum atomic E-state index is -0.0324. The highest BCUT2D eigenvalue weighted by Gasteiger charge is 2.34. The molecule has 1 unspecified atom stereocenters. The molecule has 28 heavy (non-hydrogen) atoms. The highest BCUT2D eigenvalue weighted by Crippen LogP contribution is 2.40. The third kappa shape index (κ3) is 3.42. The maximum atomic E-state index is 13.3. The molecule has 146 valence electrons. The summed E-state index contributed by atoms with van der Waals surface area (Å²) in [5.41, 5.74) is 2.46. The molecular weight excluding hydrogens is 378 g/mol. The number of methoxy groups -OCH3 is 2. The third-order valence-corrected chi connectivity index (χ3v) is 5.51. The van der Waals surface area contributed by atoms with E-state index in [0.717, 1.165) is 41.2 Å². The van der Waals surface area contributed by atoms with Gasteiger partial charge in [0.1, 0.15) is 23.9 Å². The van der Waals surface area contributed by atoms with E-state index in [-0.39, 0.29) is 18.6 Å². The van der Waals surface area contributed by atoms with Gasteiger partial charge in [-0.1, -0.05) is 11.6 Å². The number of halogens is 1. The first-order valence-corrected chi connectivity index (χ1v) is 9.64. The number of carbonyl (C=O) groups excluding carboxylic acids is 1. The topological polar surface area (TPSA) is 48.0 Å². The predicted molar refractivity (Wildman–Crippen MR) is 108 cm³/mol. The zero-order valence-corrected chi connectivity index (χ0v) is 16.7. The van der Waals surface area contributed by atoms with Crippen molar-refractivity contribution in [3.63, 3.8) is 0 Å². The van der Waals surface area contributed by atoms with Gasteiger partial charge in [0.05, 0.1) is 25.8 Å². The molecular formula is C22H22ClNO4. The van der Waals surface area contributed by atoms with Crippen LogP contribution >= 0.6 is 11.6 Å². The predicted octanol–water partition coefficient (Wildman–Crippen LogP) is 4.50. The molecule has 1 fully saturated rings. The van der Waals surface area contributed by atoms with Crippen LogP contribution in [-0.2, 0) is 4.79 Å². The Morgan fingerprint density at radius 3 is 2.82 bits per heavy atom. The lowest BCUT2D eigenvalue weighted by molar-refractivity contribution is -0.128. The quantitative estimate of drug-likeness (QED) is 0.759. The van der Waals surface area contributed by atoms with Gasteiger partial charge in [-0.15, -0.1) is 0 Å². The smallest absolute Gasteiger partial charge is 0.253 e. The van der Waals surface area contributed by atoms with E-state index < -0.39 is 0 Å². The fraction of sp³-hybridized carbons (Fsp3) is 0.318. The normalized spacial score (nSPS) is 18.2. The lowest BCUT2D eigenvalue weighted by atomic mass is 10.0. The zero-order valence-electron chi connectivity index (χ0n) is 15.9. The number of likely N-dealkylation sites (tertiary alicyclic amines) is 1. The molecule has 1 saturated heterocycles. The molecule has 2 aromatic rings. The van der Waals surface area contributed by atoms with Crippen molar-refractivity contribution in [2.75, 3.05) is 27.4 Å². The average molecular weight is 400 g/mol. The maximum absolute atomic E-state index is 13.3. The molecule has 0 aliphatic carbocycles. The Balaban J connectivity index is 1.63. The molecule has 2 aliphatic rings. The van der Waals surface area contributed by atoms with E-state index in [4.69, 9.17) is 25.8 Å². The number of hydrogen-bond donors (Lipinski definition) is 0. The summed E-state index contributed by atoms with van der Waals surface area (Å²) in [6.07, 6.45) is 3.72. The monoisotopic (exact) mass is 399 g/mol. The first-order chi connectivity index (χ1) is 13.6. The van der Waals surface area contributed by atoms with Crippen molar-refractivity contribution < 1.29 is 19.0 Å². The van der Waals surface area contributed by atoms with Crippen LogP contribution in [0.1, 0.15) is 30.0 Å². The van der Waals surface area contributed by atoms with E-state index in [1.165, 1.54) is 0 Å². The van der Waals surface area contributed by atoms with E-state index in [2.05, 4.69) is 0 Å². The summed E-state index contributed by atoms with van der Waals surface area (Å²) in [5.74, 6) is 2.20. The number of nitrogens with zero attached hydrogens (tertiary/aromatic N) is 1. The molecule has 0 radical (unpaired) electrons. The van der Waals surface area contributed by atoms with E-state index in [1.807, 2.05) is 41.3 Å². The van der Waals surface area contributed by atoms with E-state index in [9.17, 15) is 4.79 Å². The van der Waals surface area contributed by atoms with E-state index in [1.54, 1.807) is 20.3 Å². The minimum Gasteiger partial charge on any atom is -0.497 e. The van der Waals surface area contributed by atoms with Gasteiger partial charge in [0.15, 0.2) is 0 Å². The Hall–Kier alpha value is -2.66. The summed E-state index contributed by atoms with van der Waals surface area (Å²) in [5, 5.41) is 0.620. The molecule has 1 amide bonds. The van der Waals surface area contributed by atoms with Crippen LogP contribution in [0, 0.1) is 0 Å². The van der Waals surface area contributed by atoms with Crippen LogP contribution in [0.3, 0.4) is 0 Å². The van der Waals surface area contributed by atoms with Gasteiger partial charge in [0, 0.05) is 28.8 Å². The zero-order chi connectivity index (χ0) is 19.7. The lowest BCUT2D eigenvalue weighted by Gasteiger charge is -2.28. The number of rotatable bonds is 4. The number of ether oxygens (including phenoxy) is 3. The summed E-state index contributed by atoms with van der Waals surface area (Å²) in [4.78, 5) is 15.2. The van der Waals surface area contributed by atoms with Gasteiger partial charge < -0.3 is 19.1 Å². The van der Waals surface area contributed by atoms with Crippen molar-refractivity contribution in [2.45, 2.75) is 18.9 Å².